The first-order chi connectivity index (χ1) is 6.63. The highest BCUT2D eigenvalue weighted by Gasteiger charge is 2.24. The van der Waals surface area contributed by atoms with E-state index in [4.69, 9.17) is 5.73 Å². The van der Waals surface area contributed by atoms with Gasteiger partial charge in [0.2, 0.25) is 0 Å². The van der Waals surface area contributed by atoms with Crippen molar-refractivity contribution < 1.29 is 5.11 Å². The topological polar surface area (TPSA) is 61.5 Å². The van der Waals surface area contributed by atoms with E-state index in [2.05, 4.69) is 24.1 Å². The molecule has 0 amide bonds. The van der Waals surface area contributed by atoms with Crippen LogP contribution in [0.1, 0.15) is 20.3 Å². The van der Waals surface area contributed by atoms with Crippen LogP contribution in [0, 0.1) is 0 Å². The first-order valence-corrected chi connectivity index (χ1v) is 5.49. The molecule has 0 saturated carbocycles. The molecule has 14 heavy (non-hydrogen) atoms. The van der Waals surface area contributed by atoms with Crippen molar-refractivity contribution in [2.24, 2.45) is 5.73 Å². The summed E-state index contributed by atoms with van der Waals surface area (Å²) in [4.78, 5) is 2.36. The zero-order chi connectivity index (χ0) is 10.6. The van der Waals surface area contributed by atoms with Gasteiger partial charge in [0.25, 0.3) is 0 Å². The van der Waals surface area contributed by atoms with Crippen LogP contribution in [0.15, 0.2) is 0 Å². The number of aliphatic hydroxyl groups excluding tert-OH is 1. The first-order valence-electron chi connectivity index (χ1n) is 5.49. The van der Waals surface area contributed by atoms with Gasteiger partial charge in [-0.2, -0.15) is 0 Å². The second-order valence-corrected chi connectivity index (χ2v) is 4.37. The van der Waals surface area contributed by atoms with Crippen LogP contribution in [0.3, 0.4) is 0 Å². The second-order valence-electron chi connectivity index (χ2n) is 4.37. The Labute approximate surface area is 86.5 Å². The summed E-state index contributed by atoms with van der Waals surface area (Å²) in [6.07, 6.45) is 0.709. The van der Waals surface area contributed by atoms with E-state index in [-0.39, 0.29) is 6.10 Å². The van der Waals surface area contributed by atoms with E-state index in [0.717, 1.165) is 26.1 Å². The van der Waals surface area contributed by atoms with Crippen molar-refractivity contribution in [3.8, 4) is 0 Å². The van der Waals surface area contributed by atoms with Crippen LogP contribution in [0.25, 0.3) is 0 Å². The molecule has 0 radical (unpaired) electrons. The van der Waals surface area contributed by atoms with Crippen molar-refractivity contribution in [2.45, 2.75) is 38.5 Å². The lowest BCUT2D eigenvalue weighted by molar-refractivity contribution is 0.179. The number of β-amino-alcohol motifs (C(OH)–C–C–N with tert-alkyl or cyclic N) is 1. The summed E-state index contributed by atoms with van der Waals surface area (Å²) in [5.41, 5.74) is 5.56. The predicted octanol–water partition coefficient (Wildman–Crippen LogP) is -0.622. The third-order valence-electron chi connectivity index (χ3n) is 2.80. The molecule has 2 unspecified atom stereocenters. The minimum Gasteiger partial charge on any atom is -0.392 e. The molecule has 2 atom stereocenters. The molecule has 0 spiro atoms. The highest BCUT2D eigenvalue weighted by Crippen LogP contribution is 2.09. The lowest BCUT2D eigenvalue weighted by Crippen LogP contribution is -2.43. The van der Waals surface area contributed by atoms with Crippen molar-refractivity contribution in [1.82, 2.24) is 10.2 Å². The fourth-order valence-corrected chi connectivity index (χ4v) is 1.95. The zero-order valence-electron chi connectivity index (χ0n) is 9.24. The van der Waals surface area contributed by atoms with Gasteiger partial charge < -0.3 is 16.2 Å². The average molecular weight is 201 g/mol. The van der Waals surface area contributed by atoms with Gasteiger partial charge in [0.1, 0.15) is 0 Å². The molecule has 0 aromatic rings. The standard InChI is InChI=1S/C10H23N3O/c1-8(2)13(4-3-11)7-9-5-10(14)6-12-9/h8-10,12,14H,3-7,11H2,1-2H3. The minimum absolute atomic E-state index is 0.160. The van der Waals surface area contributed by atoms with Crippen LogP contribution in [0.5, 0.6) is 0 Å². The number of aliphatic hydroxyl groups is 1. The molecule has 4 nitrogen and oxygen atoms in total. The van der Waals surface area contributed by atoms with E-state index >= 15 is 0 Å². The van der Waals surface area contributed by atoms with Crippen molar-refractivity contribution in [2.75, 3.05) is 26.2 Å². The summed E-state index contributed by atoms with van der Waals surface area (Å²) in [7, 11) is 0. The van der Waals surface area contributed by atoms with E-state index in [9.17, 15) is 5.11 Å². The summed E-state index contributed by atoms with van der Waals surface area (Å²) >= 11 is 0. The quantitative estimate of drug-likeness (QED) is 0.555. The molecule has 0 aromatic heterocycles. The van der Waals surface area contributed by atoms with Gasteiger partial charge >= 0.3 is 0 Å². The van der Waals surface area contributed by atoms with E-state index in [0.29, 0.717) is 18.6 Å². The molecular formula is C10H23N3O. The van der Waals surface area contributed by atoms with Gasteiger partial charge in [-0.1, -0.05) is 0 Å². The molecule has 4 heteroatoms. The van der Waals surface area contributed by atoms with E-state index in [1.807, 2.05) is 0 Å². The SMILES string of the molecule is CC(C)N(CCN)CC1CC(O)CN1. The maximum atomic E-state index is 9.38. The number of nitrogens with one attached hydrogen (secondary N) is 1. The number of rotatable bonds is 5. The third kappa shape index (κ3) is 3.53. The summed E-state index contributed by atoms with van der Waals surface area (Å²) < 4.78 is 0. The molecule has 1 aliphatic heterocycles. The number of hydrogen-bond donors (Lipinski definition) is 3. The molecule has 4 N–H and O–H groups in total. The molecule has 0 aromatic carbocycles. The number of nitrogens with zero attached hydrogens (tertiary/aromatic N) is 1. The molecule has 1 aliphatic rings. The maximum Gasteiger partial charge on any atom is 0.0680 e. The highest BCUT2D eigenvalue weighted by atomic mass is 16.3. The summed E-state index contributed by atoms with van der Waals surface area (Å²) in [6.45, 7) is 7.73. The van der Waals surface area contributed by atoms with Crippen molar-refractivity contribution in [3.05, 3.63) is 0 Å². The molecule has 1 saturated heterocycles. The normalized spacial score (nSPS) is 27.9. The molecule has 1 rings (SSSR count). The van der Waals surface area contributed by atoms with Crippen molar-refractivity contribution in [1.29, 1.82) is 0 Å². The predicted molar refractivity (Wildman–Crippen MR) is 58.2 cm³/mol. The highest BCUT2D eigenvalue weighted by molar-refractivity contribution is 4.84. The van der Waals surface area contributed by atoms with Crippen LogP contribution in [-0.4, -0.2) is 54.4 Å². The lowest BCUT2D eigenvalue weighted by atomic mass is 10.1. The Kier molecular flexibility index (Phi) is 4.81. The Morgan fingerprint density at radius 1 is 1.57 bits per heavy atom. The number of hydrogen-bond acceptors (Lipinski definition) is 4. The van der Waals surface area contributed by atoms with Crippen molar-refractivity contribution >= 4 is 0 Å². The van der Waals surface area contributed by atoms with E-state index in [1.165, 1.54) is 0 Å². The minimum atomic E-state index is -0.160. The molecular weight excluding hydrogens is 178 g/mol. The monoisotopic (exact) mass is 201 g/mol. The Morgan fingerprint density at radius 2 is 2.29 bits per heavy atom. The summed E-state index contributed by atoms with van der Waals surface area (Å²) in [6, 6.07) is 0.956. The van der Waals surface area contributed by atoms with Crippen LogP contribution in [-0.2, 0) is 0 Å². The van der Waals surface area contributed by atoms with Crippen LogP contribution >= 0.6 is 0 Å². The van der Waals surface area contributed by atoms with Crippen LogP contribution in [0.4, 0.5) is 0 Å². The zero-order valence-corrected chi connectivity index (χ0v) is 9.24. The van der Waals surface area contributed by atoms with Gasteiger partial charge in [-0.25, -0.2) is 0 Å². The second kappa shape index (κ2) is 5.66. The molecule has 84 valence electrons. The van der Waals surface area contributed by atoms with Crippen LogP contribution < -0.4 is 11.1 Å². The average Bonchev–Trinajstić information content (AvgIpc) is 2.50. The van der Waals surface area contributed by atoms with Gasteiger partial charge in [0.15, 0.2) is 0 Å². The Bertz CT molecular complexity index is 163. The van der Waals surface area contributed by atoms with Gasteiger partial charge in [0, 0.05) is 38.3 Å². The van der Waals surface area contributed by atoms with Gasteiger partial charge in [0.05, 0.1) is 6.10 Å². The van der Waals surface area contributed by atoms with E-state index in [1.54, 1.807) is 0 Å². The third-order valence-corrected chi connectivity index (χ3v) is 2.80. The lowest BCUT2D eigenvalue weighted by Gasteiger charge is -2.28. The van der Waals surface area contributed by atoms with Crippen molar-refractivity contribution in [3.63, 3.8) is 0 Å². The Balaban J connectivity index is 2.31. The molecule has 1 heterocycles. The molecule has 0 aliphatic carbocycles. The van der Waals surface area contributed by atoms with Gasteiger partial charge in [-0.05, 0) is 20.3 Å². The Morgan fingerprint density at radius 3 is 2.71 bits per heavy atom. The van der Waals surface area contributed by atoms with Gasteiger partial charge in [-0.3, -0.25) is 4.90 Å². The fourth-order valence-electron chi connectivity index (χ4n) is 1.95. The smallest absolute Gasteiger partial charge is 0.0680 e. The summed E-state index contributed by atoms with van der Waals surface area (Å²) in [5.74, 6) is 0. The molecule has 0 bridgehead atoms. The number of nitrogens with two attached hydrogens (primary N) is 1. The molecule has 1 fully saturated rings. The van der Waals surface area contributed by atoms with Gasteiger partial charge in [-0.15, -0.1) is 0 Å². The van der Waals surface area contributed by atoms with Crippen LogP contribution in [0.2, 0.25) is 0 Å². The maximum absolute atomic E-state index is 9.38. The summed E-state index contributed by atoms with van der Waals surface area (Å²) in [5, 5.41) is 12.7. The van der Waals surface area contributed by atoms with E-state index < -0.39 is 0 Å². The first kappa shape index (κ1) is 11.9. The Hall–Kier alpha value is -0.160. The fraction of sp³-hybridized carbons (Fsp3) is 1.00. The largest absolute Gasteiger partial charge is 0.392 e.